The lowest BCUT2D eigenvalue weighted by molar-refractivity contribution is -0.152. The van der Waals surface area contributed by atoms with Crippen LogP contribution in [0.3, 0.4) is 0 Å². The summed E-state index contributed by atoms with van der Waals surface area (Å²) in [5.74, 6) is 1.63. The van der Waals surface area contributed by atoms with Crippen molar-refractivity contribution in [3.05, 3.63) is 0 Å². The first-order valence-electron chi connectivity index (χ1n) is 9.86. The van der Waals surface area contributed by atoms with Crippen molar-refractivity contribution in [3.63, 3.8) is 0 Å². The summed E-state index contributed by atoms with van der Waals surface area (Å²) >= 11 is 0. The molecule has 0 N–H and O–H groups in total. The molecule has 0 radical (unpaired) electrons. The van der Waals surface area contributed by atoms with E-state index in [-0.39, 0.29) is 45.9 Å². The maximum atomic E-state index is 12.7. The molecule has 0 heterocycles. The van der Waals surface area contributed by atoms with E-state index in [0.29, 0.717) is 36.3 Å². The minimum absolute atomic E-state index is 0.0467. The van der Waals surface area contributed by atoms with Gasteiger partial charge in [0, 0.05) is 30.4 Å². The SMILES string of the molecule is CC1(C)[C@H]2CC(=O)[C@@H](CSS(=O)(=O)C[C@@H]3C(=O)C[C@H]4C[C@@H]3C4(C)C)[C@@H]1C2. The molecule has 0 aliphatic heterocycles. The van der Waals surface area contributed by atoms with E-state index in [1.165, 1.54) is 0 Å². The third-order valence-electron chi connectivity index (χ3n) is 8.60. The van der Waals surface area contributed by atoms with Crippen LogP contribution in [-0.2, 0) is 18.5 Å². The Labute approximate surface area is 160 Å². The fraction of sp³-hybridized carbons (Fsp3) is 0.900. The van der Waals surface area contributed by atoms with Gasteiger partial charge >= 0.3 is 0 Å². The van der Waals surface area contributed by atoms with Crippen LogP contribution in [0.1, 0.15) is 53.4 Å². The molecule has 6 saturated carbocycles. The van der Waals surface area contributed by atoms with Gasteiger partial charge < -0.3 is 0 Å². The quantitative estimate of drug-likeness (QED) is 0.663. The van der Waals surface area contributed by atoms with Crippen LogP contribution >= 0.6 is 10.8 Å². The molecule has 4 nitrogen and oxygen atoms in total. The lowest BCUT2D eigenvalue weighted by atomic mass is 9.45. The number of Topliss-reactive ketones (excluding diaryl/α,β-unsaturated/α-hetero) is 2. The summed E-state index contributed by atoms with van der Waals surface area (Å²) in [5, 5.41) is 0. The van der Waals surface area contributed by atoms with Crippen molar-refractivity contribution in [3.8, 4) is 0 Å². The second-order valence-electron chi connectivity index (χ2n) is 10.3. The van der Waals surface area contributed by atoms with E-state index in [4.69, 9.17) is 0 Å². The van der Waals surface area contributed by atoms with E-state index in [1.54, 1.807) is 0 Å². The maximum Gasteiger partial charge on any atom is 0.202 e. The van der Waals surface area contributed by atoms with E-state index >= 15 is 0 Å². The second kappa shape index (κ2) is 5.82. The Bertz CT molecular complexity index is 752. The largest absolute Gasteiger partial charge is 0.299 e. The molecule has 0 amide bonds. The van der Waals surface area contributed by atoms with Gasteiger partial charge in [-0.3, -0.25) is 9.59 Å². The maximum absolute atomic E-state index is 12.7. The van der Waals surface area contributed by atoms with Gasteiger partial charge in [0.05, 0.1) is 5.75 Å². The van der Waals surface area contributed by atoms with Gasteiger partial charge in [-0.25, -0.2) is 8.42 Å². The zero-order chi connectivity index (χ0) is 19.1. The predicted octanol–water partition coefficient (Wildman–Crippen LogP) is 3.55. The van der Waals surface area contributed by atoms with Crippen molar-refractivity contribution >= 4 is 31.2 Å². The molecule has 146 valence electrons. The van der Waals surface area contributed by atoms with Gasteiger partial charge in [-0.2, -0.15) is 0 Å². The highest BCUT2D eigenvalue weighted by molar-refractivity contribution is 8.72. The molecular formula is C20H30O4S2. The molecule has 0 spiro atoms. The van der Waals surface area contributed by atoms with Gasteiger partial charge in [-0.15, -0.1) is 0 Å². The van der Waals surface area contributed by atoms with Gasteiger partial charge in [0.25, 0.3) is 0 Å². The normalized spacial score (nSPS) is 42.8. The van der Waals surface area contributed by atoms with Crippen LogP contribution in [0.2, 0.25) is 0 Å². The Morgan fingerprint density at radius 2 is 1.35 bits per heavy atom. The predicted molar refractivity (Wildman–Crippen MR) is 103 cm³/mol. The highest BCUT2D eigenvalue weighted by Gasteiger charge is 2.59. The molecule has 0 aromatic rings. The van der Waals surface area contributed by atoms with Gasteiger partial charge in [-0.1, -0.05) is 27.7 Å². The third kappa shape index (κ3) is 2.73. The Morgan fingerprint density at radius 1 is 0.885 bits per heavy atom. The molecule has 0 aromatic carbocycles. The second-order valence-corrected chi connectivity index (χ2v) is 14.5. The molecule has 6 atom stereocenters. The van der Waals surface area contributed by atoms with Crippen molar-refractivity contribution in [2.75, 3.05) is 11.5 Å². The molecule has 0 unspecified atom stereocenters. The number of hydrogen-bond acceptors (Lipinski definition) is 5. The Balaban J connectivity index is 1.40. The third-order valence-corrected chi connectivity index (χ3v) is 12.1. The Morgan fingerprint density at radius 3 is 1.85 bits per heavy atom. The number of carbonyl (C=O) groups excluding carboxylic acids is 2. The monoisotopic (exact) mass is 398 g/mol. The van der Waals surface area contributed by atoms with Crippen molar-refractivity contribution in [2.24, 2.45) is 46.3 Å². The van der Waals surface area contributed by atoms with E-state index < -0.39 is 8.87 Å². The number of rotatable bonds is 5. The summed E-state index contributed by atoms with van der Waals surface area (Å²) in [5.41, 5.74) is 0.246. The van der Waals surface area contributed by atoms with Gasteiger partial charge in [-0.05, 0) is 58.1 Å². The zero-order valence-electron chi connectivity index (χ0n) is 16.2. The summed E-state index contributed by atoms with van der Waals surface area (Å²) in [4.78, 5) is 24.7. The van der Waals surface area contributed by atoms with E-state index in [0.717, 1.165) is 23.6 Å². The summed E-state index contributed by atoms with van der Waals surface area (Å²) in [7, 11) is -2.46. The van der Waals surface area contributed by atoms with Crippen LogP contribution in [0.25, 0.3) is 0 Å². The molecule has 6 aliphatic rings. The fourth-order valence-corrected chi connectivity index (χ4v) is 9.79. The number of fused-ring (bicyclic) bond motifs is 4. The van der Waals surface area contributed by atoms with Crippen molar-refractivity contribution in [1.29, 1.82) is 0 Å². The summed E-state index contributed by atoms with van der Waals surface area (Å²) in [6, 6.07) is 0. The first-order valence-corrected chi connectivity index (χ1v) is 13.0. The highest BCUT2D eigenvalue weighted by atomic mass is 33.1. The lowest BCUT2D eigenvalue weighted by Crippen LogP contribution is -2.57. The minimum Gasteiger partial charge on any atom is -0.299 e. The Hall–Kier alpha value is -0.360. The summed E-state index contributed by atoms with van der Waals surface area (Å²) < 4.78 is 25.5. The van der Waals surface area contributed by atoms with Crippen LogP contribution < -0.4 is 0 Å². The fourth-order valence-electron chi connectivity index (χ4n) is 6.27. The average molecular weight is 399 g/mol. The van der Waals surface area contributed by atoms with E-state index in [9.17, 15) is 18.0 Å². The molecule has 6 fully saturated rings. The average Bonchev–Trinajstić information content (AvgIpc) is 2.54. The van der Waals surface area contributed by atoms with Gasteiger partial charge in [0.2, 0.25) is 8.87 Å². The number of ketones is 2. The topological polar surface area (TPSA) is 68.3 Å². The van der Waals surface area contributed by atoms with Gasteiger partial charge in [0.15, 0.2) is 0 Å². The standard InChI is InChI=1S/C20H30O4S2/c1-19(2)11-5-15(19)13(17(21)7-11)9-25-26(23,24)10-14-16-6-12(8-18(14)22)20(16,3)4/h11-16H,5-10H2,1-4H3/t11-,12-,13+,14+,15+,16+/m1/s1. The Kier molecular flexibility index (Phi) is 4.25. The van der Waals surface area contributed by atoms with Crippen molar-refractivity contribution < 1.29 is 18.0 Å². The van der Waals surface area contributed by atoms with E-state index in [1.807, 2.05) is 0 Å². The van der Waals surface area contributed by atoms with Crippen LogP contribution in [0.5, 0.6) is 0 Å². The summed E-state index contributed by atoms with van der Waals surface area (Å²) in [6.45, 7) is 8.75. The number of carbonyl (C=O) groups is 2. The molecule has 6 heteroatoms. The number of hydrogen-bond donors (Lipinski definition) is 0. The smallest absolute Gasteiger partial charge is 0.202 e. The molecular weight excluding hydrogens is 368 g/mol. The van der Waals surface area contributed by atoms with E-state index in [2.05, 4.69) is 27.7 Å². The van der Waals surface area contributed by atoms with Crippen LogP contribution in [-0.4, -0.2) is 31.5 Å². The van der Waals surface area contributed by atoms with Crippen LogP contribution in [0.15, 0.2) is 0 Å². The lowest BCUT2D eigenvalue weighted by Gasteiger charge is -2.59. The first-order chi connectivity index (χ1) is 11.9. The zero-order valence-corrected chi connectivity index (χ0v) is 17.8. The van der Waals surface area contributed by atoms with Crippen LogP contribution in [0, 0.1) is 46.3 Å². The highest BCUT2D eigenvalue weighted by Crippen LogP contribution is 2.62. The molecule has 0 aromatic heterocycles. The van der Waals surface area contributed by atoms with Crippen LogP contribution in [0.4, 0.5) is 0 Å². The van der Waals surface area contributed by atoms with Crippen molar-refractivity contribution in [1.82, 2.24) is 0 Å². The molecule has 4 bridgehead atoms. The molecule has 26 heavy (non-hydrogen) atoms. The minimum atomic E-state index is -3.40. The van der Waals surface area contributed by atoms with Gasteiger partial charge in [0.1, 0.15) is 11.6 Å². The molecule has 0 saturated heterocycles. The van der Waals surface area contributed by atoms with Crippen molar-refractivity contribution in [2.45, 2.75) is 53.4 Å². The molecule has 6 rings (SSSR count). The first kappa shape index (κ1) is 19.0. The summed E-state index contributed by atoms with van der Waals surface area (Å²) in [6.07, 6.45) is 3.19. The molecule has 6 aliphatic carbocycles.